The van der Waals surface area contributed by atoms with Gasteiger partial charge in [0.1, 0.15) is 0 Å². The van der Waals surface area contributed by atoms with Crippen molar-refractivity contribution in [3.63, 3.8) is 0 Å². The van der Waals surface area contributed by atoms with Crippen molar-refractivity contribution in [1.29, 1.82) is 0 Å². The van der Waals surface area contributed by atoms with E-state index in [2.05, 4.69) is 19.2 Å². The number of rotatable bonds is 12. The van der Waals surface area contributed by atoms with E-state index >= 15 is 0 Å². The molecule has 0 aromatic rings. The molecule has 5 nitrogen and oxygen atoms in total. The molecule has 0 aliphatic rings. The van der Waals surface area contributed by atoms with Crippen LogP contribution >= 0.6 is 0 Å². The fourth-order valence-electron chi connectivity index (χ4n) is 1.94. The Balaban J connectivity index is 3.57. The molecule has 0 heterocycles. The van der Waals surface area contributed by atoms with E-state index in [9.17, 15) is 4.79 Å². The second kappa shape index (κ2) is 12.4. The van der Waals surface area contributed by atoms with Crippen LogP contribution in [0.1, 0.15) is 33.1 Å². The van der Waals surface area contributed by atoms with Gasteiger partial charge >= 0.3 is 0 Å². The van der Waals surface area contributed by atoms with Gasteiger partial charge in [-0.05, 0) is 31.2 Å². The van der Waals surface area contributed by atoms with Gasteiger partial charge in [-0.25, -0.2) is 0 Å². The SMILES string of the molecule is COCCOCCNC(=O)CCC(CCN)C(C)C. The minimum atomic E-state index is 0.0954. The van der Waals surface area contributed by atoms with E-state index in [1.807, 2.05) is 0 Å². The maximum absolute atomic E-state index is 11.6. The summed E-state index contributed by atoms with van der Waals surface area (Å²) in [6, 6.07) is 0. The van der Waals surface area contributed by atoms with Crippen LogP contribution in [-0.2, 0) is 14.3 Å². The van der Waals surface area contributed by atoms with E-state index in [1.165, 1.54) is 0 Å². The Kier molecular flexibility index (Phi) is 12.0. The van der Waals surface area contributed by atoms with Crippen LogP contribution in [0.4, 0.5) is 0 Å². The number of hydrogen-bond donors (Lipinski definition) is 2. The third-order valence-electron chi connectivity index (χ3n) is 3.22. The number of amides is 1. The fraction of sp³-hybridized carbons (Fsp3) is 0.929. The smallest absolute Gasteiger partial charge is 0.220 e. The minimum Gasteiger partial charge on any atom is -0.382 e. The van der Waals surface area contributed by atoms with Gasteiger partial charge < -0.3 is 20.5 Å². The van der Waals surface area contributed by atoms with Crippen LogP contribution in [0, 0.1) is 11.8 Å². The van der Waals surface area contributed by atoms with E-state index in [0.717, 1.165) is 12.8 Å². The first-order valence-corrected chi connectivity index (χ1v) is 7.15. The van der Waals surface area contributed by atoms with Crippen LogP contribution in [0.25, 0.3) is 0 Å². The highest BCUT2D eigenvalue weighted by atomic mass is 16.5. The summed E-state index contributed by atoms with van der Waals surface area (Å²) in [4.78, 5) is 11.6. The Hall–Kier alpha value is -0.650. The second-order valence-electron chi connectivity index (χ2n) is 5.08. The molecule has 0 saturated carbocycles. The second-order valence-corrected chi connectivity index (χ2v) is 5.08. The normalized spacial score (nSPS) is 12.7. The van der Waals surface area contributed by atoms with E-state index in [-0.39, 0.29) is 5.91 Å². The quantitative estimate of drug-likeness (QED) is 0.524. The highest BCUT2D eigenvalue weighted by molar-refractivity contribution is 5.75. The van der Waals surface area contributed by atoms with Gasteiger partial charge in [-0.15, -0.1) is 0 Å². The molecule has 0 fully saturated rings. The lowest BCUT2D eigenvalue weighted by molar-refractivity contribution is -0.121. The molecular weight excluding hydrogens is 244 g/mol. The first-order chi connectivity index (χ1) is 9.11. The first-order valence-electron chi connectivity index (χ1n) is 7.15. The molecule has 114 valence electrons. The van der Waals surface area contributed by atoms with Gasteiger partial charge in [0.2, 0.25) is 5.91 Å². The van der Waals surface area contributed by atoms with Gasteiger partial charge in [-0.1, -0.05) is 13.8 Å². The summed E-state index contributed by atoms with van der Waals surface area (Å²) in [5.74, 6) is 1.21. The number of carbonyl (C=O) groups excluding carboxylic acids is 1. The number of carbonyl (C=O) groups is 1. The molecule has 0 aliphatic heterocycles. The molecule has 0 aromatic carbocycles. The zero-order chi connectivity index (χ0) is 14.5. The third kappa shape index (κ3) is 10.9. The highest BCUT2D eigenvalue weighted by Crippen LogP contribution is 2.20. The van der Waals surface area contributed by atoms with Crippen LogP contribution < -0.4 is 11.1 Å². The Bertz CT molecular complexity index is 223. The molecule has 19 heavy (non-hydrogen) atoms. The van der Waals surface area contributed by atoms with Crippen molar-refractivity contribution in [2.24, 2.45) is 17.6 Å². The molecule has 0 spiro atoms. The summed E-state index contributed by atoms with van der Waals surface area (Å²) in [6.07, 6.45) is 2.47. The number of nitrogens with one attached hydrogen (secondary N) is 1. The number of nitrogens with two attached hydrogens (primary N) is 1. The Morgan fingerprint density at radius 2 is 1.95 bits per heavy atom. The third-order valence-corrected chi connectivity index (χ3v) is 3.22. The van der Waals surface area contributed by atoms with Gasteiger partial charge in [0.05, 0.1) is 19.8 Å². The largest absolute Gasteiger partial charge is 0.382 e. The monoisotopic (exact) mass is 274 g/mol. The molecule has 3 N–H and O–H groups in total. The molecule has 0 rings (SSSR count). The average molecular weight is 274 g/mol. The fourth-order valence-corrected chi connectivity index (χ4v) is 1.94. The van der Waals surface area contributed by atoms with Crippen LogP contribution in [-0.4, -0.2) is 45.9 Å². The maximum atomic E-state index is 11.6. The zero-order valence-electron chi connectivity index (χ0n) is 12.6. The lowest BCUT2D eigenvalue weighted by Crippen LogP contribution is -2.28. The maximum Gasteiger partial charge on any atom is 0.220 e. The Morgan fingerprint density at radius 1 is 1.21 bits per heavy atom. The average Bonchev–Trinajstić information content (AvgIpc) is 2.38. The number of methoxy groups -OCH3 is 1. The molecule has 1 atom stereocenters. The number of ether oxygens (including phenoxy) is 2. The van der Waals surface area contributed by atoms with Gasteiger partial charge in [0.25, 0.3) is 0 Å². The zero-order valence-corrected chi connectivity index (χ0v) is 12.6. The predicted molar refractivity (Wildman–Crippen MR) is 76.9 cm³/mol. The van der Waals surface area contributed by atoms with Crippen LogP contribution in [0.15, 0.2) is 0 Å². The van der Waals surface area contributed by atoms with Crippen LogP contribution in [0.3, 0.4) is 0 Å². The summed E-state index contributed by atoms with van der Waals surface area (Å²) < 4.78 is 10.1. The molecule has 5 heteroatoms. The van der Waals surface area contributed by atoms with Crippen molar-refractivity contribution >= 4 is 5.91 Å². The molecule has 0 aromatic heterocycles. The Morgan fingerprint density at radius 3 is 2.53 bits per heavy atom. The van der Waals surface area contributed by atoms with Crippen LogP contribution in [0.2, 0.25) is 0 Å². The van der Waals surface area contributed by atoms with Crippen molar-refractivity contribution in [3.8, 4) is 0 Å². The summed E-state index contributed by atoms with van der Waals surface area (Å²) in [5, 5.41) is 2.86. The number of hydrogen-bond acceptors (Lipinski definition) is 4. The van der Waals surface area contributed by atoms with Gasteiger partial charge in [0.15, 0.2) is 0 Å². The molecule has 1 unspecified atom stereocenters. The molecule has 1 amide bonds. The van der Waals surface area contributed by atoms with Crippen molar-refractivity contribution in [3.05, 3.63) is 0 Å². The lowest BCUT2D eigenvalue weighted by atomic mass is 9.88. The van der Waals surface area contributed by atoms with E-state index in [1.54, 1.807) is 7.11 Å². The molecule has 0 radical (unpaired) electrons. The summed E-state index contributed by atoms with van der Waals surface area (Å²) in [5.41, 5.74) is 5.58. The van der Waals surface area contributed by atoms with Gasteiger partial charge in [-0.2, -0.15) is 0 Å². The standard InChI is InChI=1S/C14H30N2O3/c1-12(2)13(6-7-15)4-5-14(17)16-8-9-19-11-10-18-3/h12-13H,4-11,15H2,1-3H3,(H,16,17). The summed E-state index contributed by atoms with van der Waals surface area (Å²) >= 11 is 0. The molecule has 0 bridgehead atoms. The van der Waals surface area contributed by atoms with Crippen molar-refractivity contribution in [2.45, 2.75) is 33.1 Å². The van der Waals surface area contributed by atoms with E-state index < -0.39 is 0 Å². The van der Waals surface area contributed by atoms with Crippen LogP contribution in [0.5, 0.6) is 0 Å². The van der Waals surface area contributed by atoms with E-state index in [0.29, 0.717) is 51.2 Å². The van der Waals surface area contributed by atoms with Gasteiger partial charge in [-0.3, -0.25) is 4.79 Å². The first kappa shape index (κ1) is 18.4. The van der Waals surface area contributed by atoms with Gasteiger partial charge in [0, 0.05) is 20.1 Å². The van der Waals surface area contributed by atoms with Crippen molar-refractivity contribution in [1.82, 2.24) is 5.32 Å². The summed E-state index contributed by atoms with van der Waals surface area (Å²) in [7, 11) is 1.64. The van der Waals surface area contributed by atoms with E-state index in [4.69, 9.17) is 15.2 Å². The lowest BCUT2D eigenvalue weighted by Gasteiger charge is -2.19. The molecular formula is C14H30N2O3. The minimum absolute atomic E-state index is 0.0954. The molecule has 0 aliphatic carbocycles. The van der Waals surface area contributed by atoms with Crippen molar-refractivity contribution in [2.75, 3.05) is 40.0 Å². The predicted octanol–water partition coefficient (Wildman–Crippen LogP) is 1.17. The van der Waals surface area contributed by atoms with Crippen molar-refractivity contribution < 1.29 is 14.3 Å². The Labute approximate surface area is 117 Å². The topological polar surface area (TPSA) is 73.6 Å². The molecule has 0 saturated heterocycles. The summed E-state index contributed by atoms with van der Waals surface area (Å²) in [6.45, 7) is 7.31. The highest BCUT2D eigenvalue weighted by Gasteiger charge is 2.14.